The van der Waals surface area contributed by atoms with Crippen molar-refractivity contribution in [2.24, 2.45) is 5.41 Å². The maximum absolute atomic E-state index is 13.7. The lowest BCUT2D eigenvalue weighted by Crippen LogP contribution is -2.54. The Kier molecular flexibility index (Phi) is 16.2. The Morgan fingerprint density at radius 3 is 2.15 bits per heavy atom. The van der Waals surface area contributed by atoms with Gasteiger partial charge in [-0.15, -0.1) is 0 Å². The van der Waals surface area contributed by atoms with E-state index in [9.17, 15) is 43.1 Å². The third kappa shape index (κ3) is 13.6. The van der Waals surface area contributed by atoms with Crippen molar-refractivity contribution in [1.82, 2.24) is 26.6 Å². The number of halogens is 2. The molecule has 2 aliphatic rings. The minimum Gasteiger partial charge on any atom is -0.480 e. The number of rotatable bonds is 10. The van der Waals surface area contributed by atoms with Crippen LogP contribution in [0.25, 0.3) is 0 Å². The number of carboxylic acid groups (broad SMARTS) is 1. The van der Waals surface area contributed by atoms with Crippen molar-refractivity contribution < 1.29 is 43.1 Å². The first-order valence-electron chi connectivity index (χ1n) is 20.3. The molecule has 0 aromatic heterocycles. The molecule has 2 fully saturated rings. The summed E-state index contributed by atoms with van der Waals surface area (Å²) in [6, 6.07) is 14.8. The minimum absolute atomic E-state index is 0.0164. The summed E-state index contributed by atoms with van der Waals surface area (Å²) in [7, 11) is 0. The van der Waals surface area contributed by atoms with Gasteiger partial charge in [0.05, 0.1) is 6.42 Å². The van der Waals surface area contributed by atoms with Crippen LogP contribution in [0.3, 0.4) is 0 Å². The molecule has 3 aromatic carbocycles. The van der Waals surface area contributed by atoms with Crippen molar-refractivity contribution in [2.75, 3.05) is 11.9 Å². The molecular formula is C44H52ClFN6O8. The molecule has 16 heteroatoms. The fourth-order valence-corrected chi connectivity index (χ4v) is 7.93. The van der Waals surface area contributed by atoms with E-state index in [0.29, 0.717) is 53.1 Å². The Bertz CT molecular complexity index is 2030. The zero-order valence-electron chi connectivity index (χ0n) is 33.5. The van der Waals surface area contributed by atoms with Crippen LogP contribution in [0.2, 0.25) is 5.02 Å². The summed E-state index contributed by atoms with van der Waals surface area (Å²) in [5.41, 5.74) is 1.49. The molecule has 320 valence electrons. The lowest BCUT2D eigenvalue weighted by molar-refractivity contribution is -0.142. The summed E-state index contributed by atoms with van der Waals surface area (Å²) in [6.45, 7) is 1.75. The van der Waals surface area contributed by atoms with Crippen molar-refractivity contribution in [2.45, 2.75) is 108 Å². The van der Waals surface area contributed by atoms with Crippen LogP contribution in [0, 0.1) is 11.2 Å². The highest BCUT2D eigenvalue weighted by molar-refractivity contribution is 6.31. The number of hydrogen-bond acceptors (Lipinski definition) is 7. The second-order valence-corrected chi connectivity index (χ2v) is 16.2. The summed E-state index contributed by atoms with van der Waals surface area (Å²) in [4.78, 5) is 92.1. The molecule has 60 heavy (non-hydrogen) atoms. The predicted octanol–water partition coefficient (Wildman–Crippen LogP) is 4.13. The van der Waals surface area contributed by atoms with Gasteiger partial charge >= 0.3 is 5.97 Å². The van der Waals surface area contributed by atoms with E-state index in [0.717, 1.165) is 12.8 Å². The van der Waals surface area contributed by atoms with Crippen LogP contribution in [0.4, 0.5) is 10.1 Å². The molecule has 5 rings (SSSR count). The van der Waals surface area contributed by atoms with E-state index in [4.69, 9.17) is 11.6 Å². The number of amides is 6. The van der Waals surface area contributed by atoms with E-state index >= 15 is 0 Å². The summed E-state index contributed by atoms with van der Waals surface area (Å²) in [6.07, 6.45) is 3.76. The minimum atomic E-state index is -1.16. The molecule has 0 radical (unpaired) electrons. The van der Waals surface area contributed by atoms with Gasteiger partial charge in [0.2, 0.25) is 35.4 Å². The van der Waals surface area contributed by atoms with Gasteiger partial charge < -0.3 is 37.0 Å². The topological polar surface area (TPSA) is 212 Å². The van der Waals surface area contributed by atoms with E-state index in [1.807, 2.05) is 0 Å². The highest BCUT2D eigenvalue weighted by atomic mass is 35.5. The van der Waals surface area contributed by atoms with Gasteiger partial charge in [-0.2, -0.15) is 0 Å². The van der Waals surface area contributed by atoms with Crippen molar-refractivity contribution >= 4 is 58.7 Å². The molecule has 4 atom stereocenters. The molecule has 7 N–H and O–H groups in total. The zero-order valence-corrected chi connectivity index (χ0v) is 34.2. The number of carboxylic acids is 1. The Balaban J connectivity index is 1.30. The van der Waals surface area contributed by atoms with Gasteiger partial charge in [0.1, 0.15) is 30.0 Å². The molecule has 1 saturated heterocycles. The quantitative estimate of drug-likeness (QED) is 0.157. The van der Waals surface area contributed by atoms with Crippen LogP contribution in [0.1, 0.15) is 81.4 Å². The van der Waals surface area contributed by atoms with Gasteiger partial charge in [-0.3, -0.25) is 28.8 Å². The fraction of sp³-hybridized carbons (Fsp3) is 0.432. The number of hydrogen-bond donors (Lipinski definition) is 7. The lowest BCUT2D eigenvalue weighted by Gasteiger charge is -2.30. The second-order valence-electron chi connectivity index (χ2n) is 15.8. The fourth-order valence-electron chi connectivity index (χ4n) is 7.71. The number of benzene rings is 3. The van der Waals surface area contributed by atoms with Gasteiger partial charge in [-0.25, -0.2) is 9.18 Å². The van der Waals surface area contributed by atoms with E-state index in [2.05, 4.69) is 31.9 Å². The maximum atomic E-state index is 13.7. The summed E-state index contributed by atoms with van der Waals surface area (Å²) < 4.78 is 13.4. The third-order valence-corrected chi connectivity index (χ3v) is 11.3. The first kappa shape index (κ1) is 45.3. The van der Waals surface area contributed by atoms with E-state index in [-0.39, 0.29) is 45.1 Å². The molecule has 1 spiro atoms. The summed E-state index contributed by atoms with van der Waals surface area (Å²) >= 11 is 6.40. The molecule has 1 aliphatic carbocycles. The van der Waals surface area contributed by atoms with Crippen LogP contribution >= 0.6 is 11.6 Å². The number of nitrogens with one attached hydrogen (secondary N) is 6. The Hall–Kier alpha value is -5.83. The first-order valence-corrected chi connectivity index (χ1v) is 20.6. The molecule has 14 nitrogen and oxygen atoms in total. The molecule has 1 saturated carbocycles. The Morgan fingerprint density at radius 1 is 0.833 bits per heavy atom. The van der Waals surface area contributed by atoms with Crippen LogP contribution in [-0.2, 0) is 52.8 Å². The van der Waals surface area contributed by atoms with Crippen molar-refractivity contribution in [3.8, 4) is 0 Å². The molecule has 1 unspecified atom stereocenters. The smallest absolute Gasteiger partial charge is 0.326 e. The Morgan fingerprint density at radius 2 is 1.48 bits per heavy atom. The zero-order chi connectivity index (χ0) is 43.2. The average molecular weight is 847 g/mol. The predicted molar refractivity (Wildman–Crippen MR) is 222 cm³/mol. The molecular weight excluding hydrogens is 795 g/mol. The van der Waals surface area contributed by atoms with E-state index in [1.165, 1.54) is 31.2 Å². The van der Waals surface area contributed by atoms with Crippen LogP contribution < -0.4 is 31.9 Å². The highest BCUT2D eigenvalue weighted by Gasteiger charge is 2.39. The number of aliphatic carboxylic acids is 1. The average Bonchev–Trinajstić information content (AvgIpc) is 3.65. The summed E-state index contributed by atoms with van der Waals surface area (Å²) in [5, 5.41) is 26.6. The lowest BCUT2D eigenvalue weighted by atomic mass is 9.78. The highest BCUT2D eigenvalue weighted by Crippen LogP contribution is 2.44. The van der Waals surface area contributed by atoms with Gasteiger partial charge in [0, 0.05) is 42.9 Å². The summed E-state index contributed by atoms with van der Waals surface area (Å²) in [5.74, 6) is -4.54. The van der Waals surface area contributed by atoms with Crippen LogP contribution in [-0.4, -0.2) is 77.2 Å². The molecule has 0 bridgehead atoms. The largest absolute Gasteiger partial charge is 0.480 e. The third-order valence-electron chi connectivity index (χ3n) is 11.0. The van der Waals surface area contributed by atoms with Gasteiger partial charge in [-0.05, 0) is 91.5 Å². The van der Waals surface area contributed by atoms with Crippen molar-refractivity contribution in [3.63, 3.8) is 0 Å². The maximum Gasteiger partial charge on any atom is 0.326 e. The normalized spacial score (nSPS) is 20.9. The standard InChI is InChI=1S/C44H52ClFN6O8/c1-27-40(56)47-21-7-4-10-34(43(59)60)50-38(54)25-44(19-5-6-20-44)26-39(55)52-35(41(57)48-27)22-28-13-17-32(18-14-28)49-42(58)36(24-30-8-2-3-9-33(30)45)51-37(53)23-29-11-15-31(46)16-12-29/h2-3,8-9,11-18,27,34-36H,4-7,10,19-26H2,1H3,(H,47,56)(H,48,57)(H,49,58)(H,50,54)(H,51,53)(H,52,55)(H,59,60)/t27-,34+,35-,36?/m1/s1. The van der Waals surface area contributed by atoms with Crippen molar-refractivity contribution in [1.29, 1.82) is 0 Å². The van der Waals surface area contributed by atoms with Crippen LogP contribution in [0.5, 0.6) is 0 Å². The van der Waals surface area contributed by atoms with Crippen LogP contribution in [0.15, 0.2) is 72.8 Å². The van der Waals surface area contributed by atoms with Gasteiger partial charge in [0.25, 0.3) is 0 Å². The van der Waals surface area contributed by atoms with E-state index < -0.39 is 76.8 Å². The SMILES string of the molecule is C[C@H]1NC(=O)[C@@H](Cc2ccc(NC(=O)C(Cc3ccccc3Cl)NC(=O)Cc3ccc(F)cc3)cc2)NC(=O)CC2(CCCC2)CC(=O)N[C@H](C(=O)O)CCCCNC1=O. The second kappa shape index (κ2) is 21.4. The number of carbonyl (C=O) groups is 7. The van der Waals surface area contributed by atoms with Gasteiger partial charge in [-0.1, -0.05) is 66.9 Å². The first-order chi connectivity index (χ1) is 28.7. The molecule has 1 heterocycles. The van der Waals surface area contributed by atoms with Crippen molar-refractivity contribution in [3.05, 3.63) is 100 Å². The Labute approximate surface area is 353 Å². The molecule has 1 aliphatic heterocycles. The number of carbonyl (C=O) groups excluding carboxylic acids is 6. The van der Waals surface area contributed by atoms with Gasteiger partial charge in [0.15, 0.2) is 0 Å². The number of anilines is 1. The molecule has 3 aromatic rings. The molecule has 6 amide bonds. The monoisotopic (exact) mass is 846 g/mol. The van der Waals surface area contributed by atoms with E-state index in [1.54, 1.807) is 48.5 Å².